The van der Waals surface area contributed by atoms with Gasteiger partial charge in [-0.1, -0.05) is 12.1 Å². The van der Waals surface area contributed by atoms with Crippen molar-refractivity contribution in [2.24, 2.45) is 0 Å². The van der Waals surface area contributed by atoms with Crippen molar-refractivity contribution in [2.45, 2.75) is 18.7 Å². The Morgan fingerprint density at radius 3 is 2.72 bits per heavy atom. The number of nitriles is 1. The Morgan fingerprint density at radius 2 is 2.00 bits per heavy atom. The van der Waals surface area contributed by atoms with E-state index in [-0.39, 0.29) is 24.1 Å². The second-order valence-corrected chi connectivity index (χ2v) is 10.1. The summed E-state index contributed by atoms with van der Waals surface area (Å²) in [4.78, 5) is 16.3. The molecule has 1 amide bonds. The van der Waals surface area contributed by atoms with Gasteiger partial charge in [-0.05, 0) is 48.4 Å². The number of anilines is 1. The number of hydrogen-bond donors (Lipinski definition) is 1. The maximum atomic E-state index is 12.5. The van der Waals surface area contributed by atoms with E-state index in [1.165, 1.54) is 6.08 Å². The Kier molecular flexibility index (Phi) is 7.37. The summed E-state index contributed by atoms with van der Waals surface area (Å²) in [5.41, 5.74) is 1.18. The van der Waals surface area contributed by atoms with Crippen LogP contribution in [0.15, 0.2) is 47.1 Å². The van der Waals surface area contributed by atoms with Gasteiger partial charge < -0.3 is 18.9 Å². The third kappa shape index (κ3) is 5.91. The highest BCUT2D eigenvalue weighted by molar-refractivity contribution is 7.90. The molecule has 2 heterocycles. The molecule has 0 saturated carbocycles. The lowest BCUT2D eigenvalue weighted by Gasteiger charge is -2.13. The summed E-state index contributed by atoms with van der Waals surface area (Å²) in [6.07, 6.45) is 2.33. The van der Waals surface area contributed by atoms with Crippen LogP contribution in [-0.4, -0.2) is 43.3 Å². The van der Waals surface area contributed by atoms with Crippen molar-refractivity contribution in [1.29, 1.82) is 5.26 Å². The van der Waals surface area contributed by atoms with Gasteiger partial charge in [0.05, 0.1) is 6.61 Å². The zero-order valence-electron chi connectivity index (χ0n) is 19.2. The number of rotatable bonds is 9. The number of amides is 1. The van der Waals surface area contributed by atoms with Crippen LogP contribution in [0.2, 0.25) is 0 Å². The Morgan fingerprint density at radius 1 is 1.19 bits per heavy atom. The number of carbonyl (C=O) groups excluding carboxylic acids is 1. The number of ether oxygens (including phenoxy) is 4. The highest BCUT2D eigenvalue weighted by Gasteiger charge is 2.18. The molecule has 0 atom stereocenters. The molecule has 1 aromatic heterocycles. The number of nitrogens with one attached hydrogen (secondary N) is 1. The molecular formula is C23H20N4O7S2. The lowest BCUT2D eigenvalue weighted by Crippen LogP contribution is -2.13. The van der Waals surface area contributed by atoms with E-state index in [0.717, 1.165) is 11.8 Å². The Labute approximate surface area is 211 Å². The predicted molar refractivity (Wildman–Crippen MR) is 130 cm³/mol. The second kappa shape index (κ2) is 10.6. The fourth-order valence-corrected chi connectivity index (χ4v) is 4.52. The van der Waals surface area contributed by atoms with Crippen LogP contribution in [0.3, 0.4) is 0 Å². The van der Waals surface area contributed by atoms with E-state index in [1.807, 2.05) is 31.2 Å². The summed E-state index contributed by atoms with van der Waals surface area (Å²) in [5, 5.41) is 11.4. The Hall–Kier alpha value is -4.15. The van der Waals surface area contributed by atoms with Crippen LogP contribution in [0.4, 0.5) is 5.13 Å². The zero-order chi connectivity index (χ0) is 25.7. The summed E-state index contributed by atoms with van der Waals surface area (Å²) < 4.78 is 49.1. The molecule has 36 heavy (non-hydrogen) atoms. The van der Waals surface area contributed by atoms with Gasteiger partial charge in [-0.2, -0.15) is 14.6 Å². The molecule has 1 aliphatic rings. The minimum atomic E-state index is -3.61. The van der Waals surface area contributed by atoms with Gasteiger partial charge in [0.2, 0.25) is 21.8 Å². The highest BCUT2D eigenvalue weighted by atomic mass is 32.2. The molecule has 0 saturated heterocycles. The number of fused-ring (bicyclic) bond motifs is 1. The summed E-state index contributed by atoms with van der Waals surface area (Å²) in [7, 11) is -3.61. The molecule has 0 spiro atoms. The van der Waals surface area contributed by atoms with Gasteiger partial charge in [0.25, 0.3) is 11.1 Å². The van der Waals surface area contributed by atoms with E-state index in [9.17, 15) is 18.5 Å². The van der Waals surface area contributed by atoms with Crippen molar-refractivity contribution in [2.75, 3.05) is 25.0 Å². The third-order valence-electron chi connectivity index (χ3n) is 4.73. The number of aromatic nitrogens is 2. The number of hydrogen-bond acceptors (Lipinski definition) is 11. The van der Waals surface area contributed by atoms with E-state index < -0.39 is 20.9 Å². The molecule has 0 radical (unpaired) electrons. The second-order valence-electron chi connectivity index (χ2n) is 7.39. The Balaban J connectivity index is 1.49. The summed E-state index contributed by atoms with van der Waals surface area (Å²) in [6, 6.07) is 12.4. The van der Waals surface area contributed by atoms with Crippen LogP contribution < -0.4 is 24.3 Å². The van der Waals surface area contributed by atoms with Gasteiger partial charge in [-0.3, -0.25) is 10.1 Å². The maximum Gasteiger partial charge on any atom is 0.268 e. The highest BCUT2D eigenvalue weighted by Crippen LogP contribution is 2.34. The number of benzene rings is 2. The number of sulfone groups is 1. The number of carbonyl (C=O) groups is 1. The molecule has 4 rings (SSSR count). The van der Waals surface area contributed by atoms with Gasteiger partial charge in [0.1, 0.15) is 18.2 Å². The van der Waals surface area contributed by atoms with Crippen LogP contribution in [0.1, 0.15) is 18.1 Å². The number of nitrogens with zero attached hydrogens (tertiary/aromatic N) is 3. The fraction of sp³-hybridized carbons (Fsp3) is 0.217. The minimum Gasteiger partial charge on any atom is -0.490 e. The lowest BCUT2D eigenvalue weighted by molar-refractivity contribution is -0.112. The minimum absolute atomic E-state index is 0.0381. The largest absolute Gasteiger partial charge is 0.490 e. The van der Waals surface area contributed by atoms with Gasteiger partial charge in [0, 0.05) is 17.8 Å². The normalized spacial score (nSPS) is 12.6. The van der Waals surface area contributed by atoms with Gasteiger partial charge in [-0.25, -0.2) is 8.42 Å². The van der Waals surface area contributed by atoms with Crippen LogP contribution in [-0.2, 0) is 21.2 Å². The van der Waals surface area contributed by atoms with Crippen LogP contribution in [0.25, 0.3) is 6.08 Å². The first-order valence-electron chi connectivity index (χ1n) is 10.5. The first-order valence-corrected chi connectivity index (χ1v) is 13.2. The first kappa shape index (κ1) is 25.0. The van der Waals surface area contributed by atoms with E-state index in [2.05, 4.69) is 14.7 Å². The SMILES string of the molecule is CCOc1cc(C=C(C#N)C(=O)Nc2nc(S(C)(=O)=O)ns2)ccc1OCc1ccc2c(c1)OCO2. The standard InChI is InChI=1S/C23H20N4O7S2/c1-3-31-19-9-14(4-6-17(19)32-12-15-5-7-18-20(10-15)34-13-33-18)8-16(11-24)21(28)25-22-26-23(27-35-22)36(2,29)30/h4-10H,3,12-13H2,1-2H3,(H,25,26,27,28). The summed E-state index contributed by atoms with van der Waals surface area (Å²) in [5.74, 6) is 1.51. The predicted octanol–water partition coefficient (Wildman–Crippen LogP) is 3.19. The van der Waals surface area contributed by atoms with Crippen molar-refractivity contribution >= 4 is 38.5 Å². The molecule has 0 aliphatic carbocycles. The Bertz CT molecular complexity index is 1480. The van der Waals surface area contributed by atoms with Crippen LogP contribution in [0.5, 0.6) is 23.0 Å². The molecule has 1 aliphatic heterocycles. The van der Waals surface area contributed by atoms with Gasteiger partial charge in [0.15, 0.2) is 23.0 Å². The van der Waals surface area contributed by atoms with Crippen LogP contribution in [0, 0.1) is 11.3 Å². The lowest BCUT2D eigenvalue weighted by atomic mass is 10.1. The molecule has 3 aromatic rings. The summed E-state index contributed by atoms with van der Waals surface area (Å²) in [6.45, 7) is 2.65. The monoisotopic (exact) mass is 528 g/mol. The fourth-order valence-electron chi connectivity index (χ4n) is 3.08. The van der Waals surface area contributed by atoms with Crippen molar-refractivity contribution in [3.05, 3.63) is 53.1 Å². The van der Waals surface area contributed by atoms with E-state index >= 15 is 0 Å². The molecule has 0 unspecified atom stereocenters. The molecule has 11 nitrogen and oxygen atoms in total. The molecular weight excluding hydrogens is 508 g/mol. The van der Waals surface area contributed by atoms with Crippen molar-refractivity contribution in [1.82, 2.24) is 9.36 Å². The average Bonchev–Trinajstić information content (AvgIpc) is 3.51. The molecule has 1 N–H and O–H groups in total. The smallest absolute Gasteiger partial charge is 0.268 e. The molecule has 2 aromatic carbocycles. The third-order valence-corrected chi connectivity index (χ3v) is 6.33. The average molecular weight is 529 g/mol. The van der Waals surface area contributed by atoms with E-state index in [4.69, 9.17) is 18.9 Å². The van der Waals surface area contributed by atoms with Crippen molar-refractivity contribution in [3.63, 3.8) is 0 Å². The molecule has 13 heteroatoms. The summed E-state index contributed by atoms with van der Waals surface area (Å²) >= 11 is 0.700. The van der Waals surface area contributed by atoms with Crippen LogP contribution >= 0.6 is 11.5 Å². The first-order chi connectivity index (χ1) is 17.3. The quantitative estimate of drug-likeness (QED) is 0.324. The maximum absolute atomic E-state index is 12.5. The van der Waals surface area contributed by atoms with Gasteiger partial charge in [-0.15, -0.1) is 0 Å². The molecule has 186 valence electrons. The van der Waals surface area contributed by atoms with E-state index in [1.54, 1.807) is 18.2 Å². The van der Waals surface area contributed by atoms with Crippen molar-refractivity contribution < 1.29 is 32.2 Å². The van der Waals surface area contributed by atoms with Gasteiger partial charge >= 0.3 is 0 Å². The topological polar surface area (TPSA) is 150 Å². The molecule has 0 bridgehead atoms. The zero-order valence-corrected chi connectivity index (χ0v) is 20.8. The molecule has 0 fully saturated rings. The van der Waals surface area contributed by atoms with Crippen molar-refractivity contribution in [3.8, 4) is 29.1 Å². The van der Waals surface area contributed by atoms with E-state index in [0.29, 0.717) is 46.7 Å².